The first-order valence-corrected chi connectivity index (χ1v) is 7.67. The quantitative estimate of drug-likeness (QED) is 0.922. The molecule has 2 aromatic rings. The normalized spacial score (nSPS) is 19.1. The molecule has 2 aromatic carbocycles. The minimum absolute atomic E-state index is 0.0143. The van der Waals surface area contributed by atoms with Gasteiger partial charge in [-0.05, 0) is 54.5 Å². The molecule has 0 radical (unpaired) electrons. The third-order valence-corrected chi connectivity index (χ3v) is 4.52. The Morgan fingerprint density at radius 3 is 2.76 bits per heavy atom. The summed E-state index contributed by atoms with van der Waals surface area (Å²) >= 11 is 0. The lowest BCUT2D eigenvalue weighted by Crippen LogP contribution is -2.21. The summed E-state index contributed by atoms with van der Waals surface area (Å²) in [6, 6.07) is 15.1. The van der Waals surface area contributed by atoms with Crippen molar-refractivity contribution in [2.24, 2.45) is 5.73 Å². The Hall–Kier alpha value is -1.64. The Bertz CT molecular complexity index is 635. The van der Waals surface area contributed by atoms with Gasteiger partial charge in [0.1, 0.15) is 0 Å². The molecule has 0 spiro atoms. The van der Waals surface area contributed by atoms with Gasteiger partial charge in [-0.15, -0.1) is 0 Å². The van der Waals surface area contributed by atoms with Gasteiger partial charge in [-0.3, -0.25) is 0 Å². The van der Waals surface area contributed by atoms with Crippen molar-refractivity contribution in [1.29, 1.82) is 0 Å². The molecular weight excluding hydrogens is 258 g/mol. The van der Waals surface area contributed by atoms with E-state index in [0.29, 0.717) is 0 Å². The van der Waals surface area contributed by atoms with Crippen molar-refractivity contribution in [2.45, 2.75) is 38.8 Å². The highest BCUT2D eigenvalue weighted by Gasteiger charge is 2.23. The second kappa shape index (κ2) is 6.00. The predicted octanol–water partition coefficient (Wildman–Crippen LogP) is 4.01. The Kier molecular flexibility index (Phi) is 4.09. The van der Waals surface area contributed by atoms with Gasteiger partial charge in [0.2, 0.25) is 0 Å². The highest BCUT2D eigenvalue weighted by atomic mass is 16.5. The highest BCUT2D eigenvalue weighted by Crippen LogP contribution is 2.33. The molecule has 0 amide bonds. The standard InChI is InChI=1S/C19H23NO/c1-13-7-8-16(11-14(13)2)18(20)12-19-17-6-4-3-5-15(17)9-10-21-19/h3-8,11,18-19H,9-10,12,20H2,1-2H3. The van der Waals surface area contributed by atoms with Gasteiger partial charge in [0, 0.05) is 6.04 Å². The summed E-state index contributed by atoms with van der Waals surface area (Å²) in [6.07, 6.45) is 1.96. The maximum absolute atomic E-state index is 6.42. The van der Waals surface area contributed by atoms with E-state index in [1.165, 1.54) is 27.8 Å². The molecule has 2 unspecified atom stereocenters. The number of benzene rings is 2. The minimum Gasteiger partial charge on any atom is -0.373 e. The molecular formula is C19H23NO. The fraction of sp³-hybridized carbons (Fsp3) is 0.368. The van der Waals surface area contributed by atoms with Crippen molar-refractivity contribution >= 4 is 0 Å². The van der Waals surface area contributed by atoms with Gasteiger partial charge in [0.05, 0.1) is 12.7 Å². The third-order valence-electron chi connectivity index (χ3n) is 4.52. The summed E-state index contributed by atoms with van der Waals surface area (Å²) in [7, 11) is 0. The number of hydrogen-bond donors (Lipinski definition) is 1. The molecule has 2 N–H and O–H groups in total. The molecule has 1 aliphatic heterocycles. The van der Waals surface area contributed by atoms with Crippen molar-refractivity contribution in [2.75, 3.05) is 6.61 Å². The van der Waals surface area contributed by atoms with E-state index >= 15 is 0 Å². The van der Waals surface area contributed by atoms with Crippen molar-refractivity contribution in [3.05, 3.63) is 70.3 Å². The van der Waals surface area contributed by atoms with Crippen molar-refractivity contribution in [3.8, 4) is 0 Å². The second-order valence-corrected chi connectivity index (χ2v) is 5.99. The van der Waals surface area contributed by atoms with Crippen molar-refractivity contribution in [1.82, 2.24) is 0 Å². The second-order valence-electron chi connectivity index (χ2n) is 5.99. The van der Waals surface area contributed by atoms with Gasteiger partial charge in [0.15, 0.2) is 0 Å². The first kappa shape index (κ1) is 14.3. The van der Waals surface area contributed by atoms with Crippen LogP contribution in [0.1, 0.15) is 46.4 Å². The van der Waals surface area contributed by atoms with Crippen LogP contribution in [0.3, 0.4) is 0 Å². The molecule has 1 aliphatic rings. The van der Waals surface area contributed by atoms with Crippen molar-refractivity contribution < 1.29 is 4.74 Å². The van der Waals surface area contributed by atoms with Crippen LogP contribution < -0.4 is 5.73 Å². The molecule has 0 saturated heterocycles. The molecule has 110 valence electrons. The van der Waals surface area contributed by atoms with E-state index in [9.17, 15) is 0 Å². The average molecular weight is 281 g/mol. The number of ether oxygens (including phenoxy) is 1. The number of fused-ring (bicyclic) bond motifs is 1. The summed E-state index contributed by atoms with van der Waals surface area (Å²) < 4.78 is 5.97. The summed E-state index contributed by atoms with van der Waals surface area (Å²) in [5.41, 5.74) is 12.9. The molecule has 0 fully saturated rings. The zero-order valence-electron chi connectivity index (χ0n) is 12.8. The van der Waals surface area contributed by atoms with E-state index in [4.69, 9.17) is 10.5 Å². The van der Waals surface area contributed by atoms with Crippen LogP contribution in [0, 0.1) is 13.8 Å². The van der Waals surface area contributed by atoms with E-state index in [0.717, 1.165) is 19.4 Å². The topological polar surface area (TPSA) is 35.2 Å². The zero-order valence-corrected chi connectivity index (χ0v) is 12.8. The van der Waals surface area contributed by atoms with Crippen LogP contribution in [0.4, 0.5) is 0 Å². The number of hydrogen-bond acceptors (Lipinski definition) is 2. The zero-order chi connectivity index (χ0) is 14.8. The van der Waals surface area contributed by atoms with Gasteiger partial charge in [0.25, 0.3) is 0 Å². The molecule has 0 aromatic heterocycles. The smallest absolute Gasteiger partial charge is 0.0845 e. The summed E-state index contributed by atoms with van der Waals surface area (Å²) in [6.45, 7) is 5.06. The Morgan fingerprint density at radius 1 is 1.14 bits per heavy atom. The highest BCUT2D eigenvalue weighted by molar-refractivity contribution is 5.34. The van der Waals surface area contributed by atoms with Crippen LogP contribution in [0.15, 0.2) is 42.5 Å². The summed E-state index contributed by atoms with van der Waals surface area (Å²) in [5, 5.41) is 0. The molecule has 1 heterocycles. The minimum atomic E-state index is 0.0143. The first-order chi connectivity index (χ1) is 10.1. The fourth-order valence-electron chi connectivity index (χ4n) is 3.03. The van der Waals surface area contributed by atoms with E-state index in [1.54, 1.807) is 0 Å². The number of aryl methyl sites for hydroxylation is 2. The van der Waals surface area contributed by atoms with Gasteiger partial charge >= 0.3 is 0 Å². The van der Waals surface area contributed by atoms with E-state index in [-0.39, 0.29) is 12.1 Å². The lowest BCUT2D eigenvalue weighted by Gasteiger charge is -2.28. The fourth-order valence-corrected chi connectivity index (χ4v) is 3.03. The predicted molar refractivity (Wildman–Crippen MR) is 86.3 cm³/mol. The number of nitrogens with two attached hydrogens (primary N) is 1. The van der Waals surface area contributed by atoms with Gasteiger partial charge < -0.3 is 10.5 Å². The molecule has 0 bridgehead atoms. The van der Waals surface area contributed by atoms with Crippen LogP contribution >= 0.6 is 0 Å². The monoisotopic (exact) mass is 281 g/mol. The molecule has 21 heavy (non-hydrogen) atoms. The first-order valence-electron chi connectivity index (χ1n) is 7.67. The molecule has 0 aliphatic carbocycles. The number of rotatable bonds is 3. The van der Waals surface area contributed by atoms with Gasteiger partial charge in [-0.2, -0.15) is 0 Å². The van der Waals surface area contributed by atoms with Crippen LogP contribution in [-0.2, 0) is 11.2 Å². The van der Waals surface area contributed by atoms with E-state index < -0.39 is 0 Å². The average Bonchev–Trinajstić information content (AvgIpc) is 2.50. The maximum atomic E-state index is 6.42. The van der Waals surface area contributed by atoms with Crippen LogP contribution in [0.5, 0.6) is 0 Å². The molecule has 3 rings (SSSR count). The molecule has 2 nitrogen and oxygen atoms in total. The molecule has 2 atom stereocenters. The Morgan fingerprint density at radius 2 is 1.95 bits per heavy atom. The van der Waals surface area contributed by atoms with Crippen molar-refractivity contribution in [3.63, 3.8) is 0 Å². The SMILES string of the molecule is Cc1ccc(C(N)CC2OCCc3ccccc32)cc1C. The van der Waals surface area contributed by atoms with Crippen LogP contribution in [-0.4, -0.2) is 6.61 Å². The van der Waals surface area contributed by atoms with E-state index in [2.05, 4.69) is 56.3 Å². The lowest BCUT2D eigenvalue weighted by molar-refractivity contribution is 0.0320. The van der Waals surface area contributed by atoms with Crippen LogP contribution in [0.2, 0.25) is 0 Å². The van der Waals surface area contributed by atoms with Gasteiger partial charge in [-0.25, -0.2) is 0 Å². The molecule has 2 heteroatoms. The van der Waals surface area contributed by atoms with Crippen LogP contribution in [0.25, 0.3) is 0 Å². The largest absolute Gasteiger partial charge is 0.373 e. The summed E-state index contributed by atoms with van der Waals surface area (Å²) in [4.78, 5) is 0. The summed E-state index contributed by atoms with van der Waals surface area (Å²) in [5.74, 6) is 0. The third kappa shape index (κ3) is 3.02. The Labute approximate surface area is 126 Å². The van der Waals surface area contributed by atoms with Gasteiger partial charge in [-0.1, -0.05) is 42.5 Å². The Balaban J connectivity index is 1.79. The lowest BCUT2D eigenvalue weighted by atomic mass is 9.91. The van der Waals surface area contributed by atoms with E-state index in [1.807, 2.05) is 0 Å². The molecule has 0 saturated carbocycles. The maximum Gasteiger partial charge on any atom is 0.0845 e.